The number of ether oxygens (including phenoxy) is 1. The molecule has 0 spiro atoms. The maximum absolute atomic E-state index is 11.2. The average Bonchev–Trinajstić information content (AvgIpc) is 2.89. The van der Waals surface area contributed by atoms with E-state index in [1.807, 2.05) is 0 Å². The first-order valence-electron chi connectivity index (χ1n) is 14.8. The summed E-state index contributed by atoms with van der Waals surface area (Å²) in [5.74, 6) is 2.08. The van der Waals surface area contributed by atoms with Crippen LogP contribution in [0.5, 0.6) is 5.75 Å². The minimum absolute atomic E-state index is 0.847. The predicted molar refractivity (Wildman–Crippen MR) is 161 cm³/mol. The van der Waals surface area contributed by atoms with E-state index in [-0.39, 0.29) is 0 Å². The molecular formula is C31H49F6OSSb. The Morgan fingerprint density at radius 1 is 0.550 bits per heavy atom. The van der Waals surface area contributed by atoms with Gasteiger partial charge in [-0.2, -0.15) is 0 Å². The SMILES string of the molecule is CCCCCCCCCCCCCCCCCCOc1ccc([SH+]Cc2ccccc2)cc1.[F][Sb-]([F])([F])([F])([F])[F]. The summed E-state index contributed by atoms with van der Waals surface area (Å²) in [4.78, 5) is 1.36. The number of benzene rings is 2. The topological polar surface area (TPSA) is 9.23 Å². The Morgan fingerprint density at radius 3 is 1.38 bits per heavy atom. The Balaban J connectivity index is 0.00000101. The summed E-state index contributed by atoms with van der Waals surface area (Å²) in [6.07, 6.45) is 22.5. The van der Waals surface area contributed by atoms with Gasteiger partial charge < -0.3 is 4.74 Å². The van der Waals surface area contributed by atoms with E-state index >= 15 is 0 Å². The number of rotatable bonds is 21. The normalized spacial score (nSPS) is 13.2. The molecule has 0 aliphatic carbocycles. The fourth-order valence-electron chi connectivity index (χ4n) is 4.25. The van der Waals surface area contributed by atoms with Gasteiger partial charge in [0.1, 0.15) is 11.5 Å². The van der Waals surface area contributed by atoms with Gasteiger partial charge in [-0.15, -0.1) is 0 Å². The van der Waals surface area contributed by atoms with Gasteiger partial charge in [0.25, 0.3) is 0 Å². The zero-order valence-electron chi connectivity index (χ0n) is 24.0. The summed E-state index contributed by atoms with van der Waals surface area (Å²) in [6, 6.07) is 19.3. The predicted octanol–water partition coefficient (Wildman–Crippen LogP) is 11.8. The van der Waals surface area contributed by atoms with E-state index in [4.69, 9.17) is 4.74 Å². The molecule has 1 nitrogen and oxygen atoms in total. The van der Waals surface area contributed by atoms with E-state index in [0.29, 0.717) is 0 Å². The monoisotopic (exact) mass is 704 g/mol. The second-order valence-electron chi connectivity index (χ2n) is 10.4. The molecule has 0 fully saturated rings. The van der Waals surface area contributed by atoms with Crippen molar-refractivity contribution in [1.29, 1.82) is 0 Å². The van der Waals surface area contributed by atoms with Crippen LogP contribution in [-0.4, -0.2) is 26.1 Å². The first-order chi connectivity index (χ1) is 18.8. The molecule has 0 amide bonds. The molecule has 0 atom stereocenters. The van der Waals surface area contributed by atoms with Crippen LogP contribution in [0.25, 0.3) is 0 Å². The second-order valence-corrected chi connectivity index (χ2v) is 17.0. The molecule has 0 radical (unpaired) electrons. The van der Waals surface area contributed by atoms with E-state index in [0.717, 1.165) is 18.1 Å². The van der Waals surface area contributed by atoms with Crippen molar-refractivity contribution in [3.8, 4) is 5.75 Å². The number of halogens is 6. The second kappa shape index (κ2) is 19.2. The Labute approximate surface area is 244 Å². The molecule has 0 N–H and O–H groups in total. The molecule has 2 rings (SSSR count). The molecule has 0 saturated carbocycles. The maximum atomic E-state index is 9.93. The van der Waals surface area contributed by atoms with Crippen LogP contribution in [0.3, 0.4) is 0 Å². The molecule has 2 aromatic rings. The van der Waals surface area contributed by atoms with Crippen LogP contribution in [0.4, 0.5) is 16.9 Å². The standard InChI is InChI=1S/C31H48OS.6FH.Sb/c1-2-3-4-5-6-7-8-9-10-11-12-13-14-15-16-20-27-32-30-23-25-31(26-24-30)33-28-29-21-18-17-19-22-29;;;;;;;/h17-19,21-26H,2-16,20,27-28H2,1H3;6*1H;/q;;;;;;;+5/p-5. The third-order valence-corrected chi connectivity index (χ3v) is 7.58. The molecule has 40 heavy (non-hydrogen) atoms. The molecule has 0 aliphatic rings. The van der Waals surface area contributed by atoms with Crippen LogP contribution in [0, 0.1) is 0 Å². The van der Waals surface area contributed by atoms with E-state index in [1.54, 1.807) is 0 Å². The third kappa shape index (κ3) is 28.5. The molecule has 232 valence electrons. The van der Waals surface area contributed by atoms with Crippen LogP contribution in [-0.2, 0) is 17.5 Å². The molecule has 0 saturated heterocycles. The van der Waals surface area contributed by atoms with E-state index in [9.17, 15) is 16.9 Å². The van der Waals surface area contributed by atoms with Crippen LogP contribution >= 0.6 is 0 Å². The Bertz CT molecular complexity index is 865. The summed E-state index contributed by atoms with van der Waals surface area (Å²) in [5.41, 5.74) is 1.39. The fourth-order valence-corrected chi connectivity index (χ4v) is 5.19. The summed E-state index contributed by atoms with van der Waals surface area (Å²) < 4.78 is 65.5. The van der Waals surface area contributed by atoms with Gasteiger partial charge in [0.2, 0.25) is 0 Å². The molecule has 0 unspecified atom stereocenters. The van der Waals surface area contributed by atoms with Gasteiger partial charge in [0.15, 0.2) is 4.90 Å². The van der Waals surface area contributed by atoms with E-state index in [2.05, 4.69) is 61.5 Å². The molecule has 9 heteroatoms. The fraction of sp³-hybridized carbons (Fsp3) is 0.613. The number of hydrogen-bond acceptors (Lipinski definition) is 1. The molecule has 0 aromatic heterocycles. The van der Waals surface area contributed by atoms with Crippen LogP contribution < -0.4 is 4.74 Å². The first kappa shape index (κ1) is 37.0. The molecule has 0 bridgehead atoms. The van der Waals surface area contributed by atoms with Gasteiger partial charge in [0, 0.05) is 17.3 Å². The van der Waals surface area contributed by atoms with Gasteiger partial charge >= 0.3 is 36.4 Å². The van der Waals surface area contributed by atoms with Crippen LogP contribution in [0.15, 0.2) is 59.5 Å². The average molecular weight is 706 g/mol. The van der Waals surface area contributed by atoms with Gasteiger partial charge in [0.05, 0.1) is 6.61 Å². The first-order valence-corrected chi connectivity index (χ1v) is 21.7. The van der Waals surface area contributed by atoms with E-state index < -0.39 is 19.5 Å². The van der Waals surface area contributed by atoms with Crippen molar-refractivity contribution < 1.29 is 21.6 Å². The van der Waals surface area contributed by atoms with Gasteiger partial charge in [-0.25, -0.2) is 0 Å². The van der Waals surface area contributed by atoms with Crippen molar-refractivity contribution in [1.82, 2.24) is 0 Å². The number of thiol groups is 1. The van der Waals surface area contributed by atoms with E-state index in [1.165, 1.54) is 125 Å². The third-order valence-electron chi connectivity index (χ3n) is 6.39. The summed E-state index contributed by atoms with van der Waals surface area (Å²) in [7, 11) is 0. The zero-order chi connectivity index (χ0) is 29.6. The van der Waals surface area contributed by atoms with Gasteiger partial charge in [-0.3, -0.25) is 0 Å². The van der Waals surface area contributed by atoms with Crippen LogP contribution in [0.2, 0.25) is 0 Å². The van der Waals surface area contributed by atoms with Crippen LogP contribution in [0.1, 0.15) is 115 Å². The zero-order valence-corrected chi connectivity index (χ0v) is 27.4. The van der Waals surface area contributed by atoms with Gasteiger partial charge in [-0.1, -0.05) is 134 Å². The summed E-state index contributed by atoms with van der Waals surface area (Å²) >= 11 is -9.90. The van der Waals surface area contributed by atoms with Crippen molar-refractivity contribution in [2.24, 2.45) is 0 Å². The van der Waals surface area contributed by atoms with Crippen molar-refractivity contribution in [3.05, 3.63) is 60.2 Å². The number of hydrogen-bond donors (Lipinski definition) is 0. The molecular weight excluding hydrogens is 656 g/mol. The summed E-state index contributed by atoms with van der Waals surface area (Å²) in [6.45, 7) is 3.14. The van der Waals surface area contributed by atoms with Crippen molar-refractivity contribution in [2.75, 3.05) is 6.61 Å². The molecule has 0 aliphatic heterocycles. The minimum atomic E-state index is -11.2. The Hall–Kier alpha value is -1.01. The van der Waals surface area contributed by atoms with Crippen molar-refractivity contribution in [3.63, 3.8) is 0 Å². The van der Waals surface area contributed by atoms with Crippen molar-refractivity contribution in [2.45, 2.75) is 120 Å². The van der Waals surface area contributed by atoms with Crippen molar-refractivity contribution >= 4 is 31.2 Å². The van der Waals surface area contributed by atoms with Gasteiger partial charge in [-0.05, 0) is 30.7 Å². The number of unbranched alkanes of at least 4 members (excludes halogenated alkanes) is 15. The quantitative estimate of drug-likeness (QED) is 0.0413. The molecule has 2 aromatic carbocycles. The molecule has 0 heterocycles. The Morgan fingerprint density at radius 2 is 0.950 bits per heavy atom. The Kier molecular flexibility index (Phi) is 17.8. The summed E-state index contributed by atoms with van der Waals surface area (Å²) in [5, 5.41) is 0.